The Labute approximate surface area is 159 Å². The summed E-state index contributed by atoms with van der Waals surface area (Å²) in [7, 11) is 0. The predicted molar refractivity (Wildman–Crippen MR) is 110 cm³/mol. The zero-order valence-electron chi connectivity index (χ0n) is 16.6. The van der Waals surface area contributed by atoms with E-state index < -0.39 is 5.97 Å². The molecular formula is C23H37NO2. The van der Waals surface area contributed by atoms with Crippen molar-refractivity contribution < 1.29 is 9.90 Å². The second-order valence-corrected chi connectivity index (χ2v) is 7.79. The minimum Gasteiger partial charge on any atom is -0.480 e. The summed E-state index contributed by atoms with van der Waals surface area (Å²) in [6.07, 6.45) is 16.6. The average Bonchev–Trinajstić information content (AvgIpc) is 3.14. The van der Waals surface area contributed by atoms with E-state index in [2.05, 4.69) is 31.2 Å². The van der Waals surface area contributed by atoms with E-state index in [0.29, 0.717) is 0 Å². The molecule has 3 heteroatoms. The van der Waals surface area contributed by atoms with E-state index in [1.165, 1.54) is 69.8 Å². The first-order valence-corrected chi connectivity index (χ1v) is 10.8. The molecule has 1 aliphatic heterocycles. The minimum atomic E-state index is -0.697. The van der Waals surface area contributed by atoms with Crippen molar-refractivity contribution in [3.8, 4) is 0 Å². The van der Waals surface area contributed by atoms with E-state index in [-0.39, 0.29) is 6.04 Å². The smallest absolute Gasteiger partial charge is 0.326 e. The van der Waals surface area contributed by atoms with Gasteiger partial charge in [0.15, 0.2) is 0 Å². The summed E-state index contributed by atoms with van der Waals surface area (Å²) in [6.45, 7) is 3.13. The maximum Gasteiger partial charge on any atom is 0.326 e. The molecule has 1 aliphatic rings. The minimum absolute atomic E-state index is 0.345. The van der Waals surface area contributed by atoms with Crippen LogP contribution in [-0.2, 0) is 11.2 Å². The molecule has 0 saturated carbocycles. The van der Waals surface area contributed by atoms with Crippen LogP contribution in [0.1, 0.15) is 89.5 Å². The van der Waals surface area contributed by atoms with E-state index in [4.69, 9.17) is 0 Å². The third-order valence-electron chi connectivity index (χ3n) is 5.62. The maximum absolute atomic E-state index is 11.3. The number of carboxylic acids is 1. The van der Waals surface area contributed by atoms with Crippen LogP contribution in [0, 0.1) is 0 Å². The molecular weight excluding hydrogens is 322 g/mol. The highest BCUT2D eigenvalue weighted by Gasteiger charge is 2.30. The Morgan fingerprint density at radius 3 is 2.12 bits per heavy atom. The fourth-order valence-electron chi connectivity index (χ4n) is 4.00. The Balaban J connectivity index is 1.59. The number of benzene rings is 1. The Kier molecular flexibility index (Phi) is 9.58. The van der Waals surface area contributed by atoms with Crippen LogP contribution in [0.5, 0.6) is 0 Å². The lowest BCUT2D eigenvalue weighted by Gasteiger charge is -2.23. The van der Waals surface area contributed by atoms with E-state index in [1.807, 2.05) is 4.90 Å². The zero-order valence-corrected chi connectivity index (χ0v) is 16.6. The predicted octanol–water partition coefficient (Wildman–Crippen LogP) is 6.20. The van der Waals surface area contributed by atoms with Crippen molar-refractivity contribution in [2.75, 3.05) is 11.4 Å². The van der Waals surface area contributed by atoms with Gasteiger partial charge in [-0.25, -0.2) is 4.79 Å². The van der Waals surface area contributed by atoms with E-state index in [1.54, 1.807) is 0 Å². The summed E-state index contributed by atoms with van der Waals surface area (Å²) in [5.74, 6) is -0.697. The van der Waals surface area contributed by atoms with Gasteiger partial charge < -0.3 is 10.0 Å². The second-order valence-electron chi connectivity index (χ2n) is 7.79. The van der Waals surface area contributed by atoms with Gasteiger partial charge in [-0.15, -0.1) is 0 Å². The third kappa shape index (κ3) is 7.01. The van der Waals surface area contributed by atoms with Gasteiger partial charge in [-0.1, -0.05) is 76.8 Å². The largest absolute Gasteiger partial charge is 0.480 e. The van der Waals surface area contributed by atoms with Crippen molar-refractivity contribution in [1.82, 2.24) is 0 Å². The Bertz CT molecular complexity index is 511. The van der Waals surface area contributed by atoms with E-state index in [9.17, 15) is 9.90 Å². The number of unbranched alkanes of at least 4 members (excludes halogenated alkanes) is 9. The lowest BCUT2D eigenvalue weighted by Crippen LogP contribution is -2.35. The fraction of sp³-hybridized carbons (Fsp3) is 0.696. The molecule has 1 atom stereocenters. The molecule has 1 saturated heterocycles. The van der Waals surface area contributed by atoms with Gasteiger partial charge in [0.05, 0.1) is 0 Å². The quantitative estimate of drug-likeness (QED) is 0.426. The summed E-state index contributed by atoms with van der Waals surface area (Å²) < 4.78 is 0. The van der Waals surface area contributed by atoms with Crippen molar-refractivity contribution in [2.45, 2.75) is 96.4 Å². The molecule has 1 fully saturated rings. The van der Waals surface area contributed by atoms with Gasteiger partial charge in [-0.05, 0) is 43.4 Å². The molecule has 0 unspecified atom stereocenters. The van der Waals surface area contributed by atoms with E-state index in [0.717, 1.165) is 31.5 Å². The molecule has 3 nitrogen and oxygen atoms in total. The number of anilines is 1. The van der Waals surface area contributed by atoms with Crippen LogP contribution < -0.4 is 4.90 Å². The molecule has 1 aromatic carbocycles. The summed E-state index contributed by atoms with van der Waals surface area (Å²) in [5.41, 5.74) is 2.43. The number of hydrogen-bond donors (Lipinski definition) is 1. The second kappa shape index (κ2) is 12.0. The molecule has 0 amide bonds. The average molecular weight is 360 g/mol. The third-order valence-corrected chi connectivity index (χ3v) is 5.62. The molecule has 0 aliphatic carbocycles. The molecule has 2 rings (SSSR count). The summed E-state index contributed by atoms with van der Waals surface area (Å²) >= 11 is 0. The van der Waals surface area contributed by atoms with Crippen LogP contribution in [0.2, 0.25) is 0 Å². The maximum atomic E-state index is 11.3. The lowest BCUT2D eigenvalue weighted by molar-refractivity contribution is -0.138. The number of aryl methyl sites for hydroxylation is 1. The van der Waals surface area contributed by atoms with Crippen LogP contribution in [0.4, 0.5) is 5.69 Å². The highest BCUT2D eigenvalue weighted by atomic mass is 16.4. The van der Waals surface area contributed by atoms with Crippen molar-refractivity contribution in [2.24, 2.45) is 0 Å². The van der Waals surface area contributed by atoms with Crippen LogP contribution >= 0.6 is 0 Å². The first-order chi connectivity index (χ1) is 12.7. The van der Waals surface area contributed by atoms with Crippen LogP contribution in [0.15, 0.2) is 24.3 Å². The number of nitrogens with zero attached hydrogens (tertiary/aromatic N) is 1. The fourth-order valence-corrected chi connectivity index (χ4v) is 4.00. The van der Waals surface area contributed by atoms with Gasteiger partial charge in [-0.2, -0.15) is 0 Å². The van der Waals surface area contributed by atoms with Crippen molar-refractivity contribution in [3.05, 3.63) is 29.8 Å². The van der Waals surface area contributed by atoms with E-state index >= 15 is 0 Å². The SMILES string of the molecule is CCCCCCCCCCCCc1ccc(N2CCC[C@H]2C(=O)O)cc1. The number of aliphatic carboxylic acids is 1. The number of carboxylic acid groups (broad SMARTS) is 1. The molecule has 0 bridgehead atoms. The molecule has 0 radical (unpaired) electrons. The highest BCUT2D eigenvalue weighted by molar-refractivity contribution is 5.79. The first-order valence-electron chi connectivity index (χ1n) is 10.8. The molecule has 1 aromatic rings. The molecule has 26 heavy (non-hydrogen) atoms. The Hall–Kier alpha value is -1.51. The van der Waals surface area contributed by atoms with Crippen LogP contribution in [-0.4, -0.2) is 23.7 Å². The molecule has 1 heterocycles. The standard InChI is InChI=1S/C23H37NO2/c1-2-3-4-5-6-7-8-9-10-11-13-20-15-17-21(18-16-20)24-19-12-14-22(24)23(25)26/h15-18,22H,2-14,19H2,1H3,(H,25,26)/t22-/m0/s1. The summed E-state index contributed by atoms with van der Waals surface area (Å²) in [4.78, 5) is 13.4. The number of rotatable bonds is 13. The number of hydrogen-bond acceptors (Lipinski definition) is 2. The van der Waals surface area contributed by atoms with Gasteiger partial charge >= 0.3 is 5.97 Å². The van der Waals surface area contributed by atoms with Gasteiger partial charge in [0.2, 0.25) is 0 Å². The first kappa shape index (κ1) is 20.8. The zero-order chi connectivity index (χ0) is 18.6. The molecule has 0 spiro atoms. The van der Waals surface area contributed by atoms with Gasteiger partial charge in [0.1, 0.15) is 6.04 Å². The normalized spacial score (nSPS) is 17.0. The van der Waals surface area contributed by atoms with Gasteiger partial charge in [-0.3, -0.25) is 0 Å². The monoisotopic (exact) mass is 359 g/mol. The highest BCUT2D eigenvalue weighted by Crippen LogP contribution is 2.26. The Morgan fingerprint density at radius 2 is 1.54 bits per heavy atom. The Morgan fingerprint density at radius 1 is 0.962 bits per heavy atom. The van der Waals surface area contributed by atoms with Crippen molar-refractivity contribution in [3.63, 3.8) is 0 Å². The van der Waals surface area contributed by atoms with Crippen LogP contribution in [0.25, 0.3) is 0 Å². The van der Waals surface area contributed by atoms with Crippen molar-refractivity contribution in [1.29, 1.82) is 0 Å². The molecule has 0 aromatic heterocycles. The molecule has 146 valence electrons. The van der Waals surface area contributed by atoms with Crippen molar-refractivity contribution >= 4 is 11.7 Å². The van der Waals surface area contributed by atoms with Crippen LogP contribution in [0.3, 0.4) is 0 Å². The van der Waals surface area contributed by atoms with Gasteiger partial charge in [0.25, 0.3) is 0 Å². The molecule has 1 N–H and O–H groups in total. The summed E-state index contributed by atoms with van der Waals surface area (Å²) in [5, 5.41) is 9.32. The number of carbonyl (C=O) groups is 1. The lowest BCUT2D eigenvalue weighted by atomic mass is 10.0. The van der Waals surface area contributed by atoms with Gasteiger partial charge in [0, 0.05) is 12.2 Å². The summed E-state index contributed by atoms with van der Waals surface area (Å²) in [6, 6.07) is 8.23. The topological polar surface area (TPSA) is 40.5 Å².